The van der Waals surface area contributed by atoms with Gasteiger partial charge in [-0.2, -0.15) is 0 Å². The van der Waals surface area contributed by atoms with Crippen LogP contribution < -0.4 is 10.2 Å². The van der Waals surface area contributed by atoms with Gasteiger partial charge in [0.25, 0.3) is 5.91 Å². The van der Waals surface area contributed by atoms with Crippen molar-refractivity contribution >= 4 is 40.7 Å². The van der Waals surface area contributed by atoms with E-state index in [9.17, 15) is 19.5 Å². The molecule has 0 bridgehead atoms. The minimum atomic E-state index is -1.07. The van der Waals surface area contributed by atoms with Crippen LogP contribution in [0.5, 0.6) is 0 Å². The second-order valence-electron chi connectivity index (χ2n) is 8.10. The number of hydrogen-bond donors (Lipinski definition) is 2. The maximum absolute atomic E-state index is 12.7. The maximum atomic E-state index is 12.7. The lowest BCUT2D eigenvalue weighted by molar-refractivity contribution is -0.117. The van der Waals surface area contributed by atoms with Gasteiger partial charge < -0.3 is 20.1 Å². The summed E-state index contributed by atoms with van der Waals surface area (Å²) >= 11 is 6.10. The van der Waals surface area contributed by atoms with Crippen molar-refractivity contribution in [2.24, 2.45) is 4.99 Å². The molecule has 3 rings (SSSR count). The Hall–Kier alpha value is -2.71. The predicted octanol–water partition coefficient (Wildman–Crippen LogP) is 2.93. The number of carbonyl (C=O) groups excluding carboxylic acids is 2. The van der Waals surface area contributed by atoms with Gasteiger partial charge >= 0.3 is 5.97 Å². The minimum absolute atomic E-state index is 0.0826. The predicted molar refractivity (Wildman–Crippen MR) is 123 cm³/mol. The van der Waals surface area contributed by atoms with Gasteiger partial charge in [0.05, 0.1) is 17.7 Å². The van der Waals surface area contributed by atoms with Gasteiger partial charge in [0.1, 0.15) is 16.7 Å². The molecule has 1 fully saturated rings. The summed E-state index contributed by atoms with van der Waals surface area (Å²) in [4.78, 5) is 42.1. The van der Waals surface area contributed by atoms with E-state index < -0.39 is 5.97 Å². The number of allylic oxidation sites excluding steroid dienone is 1. The average Bonchev–Trinajstić information content (AvgIpc) is 3.14. The standard InChI is InChI=1S/C23H28ClN3O5/c1-4-14-10-19(25-21(14)24)22(29)26-18-7-8-27(12-20(18)32-3)16-6-5-15(9-13(2)28)17(11-16)23(30)31/h5-6,11,18,20H,4,7-10,12H2,1-3H3,(H,26,29)(H,30,31)/t18-,20+/m1/s1. The van der Waals surface area contributed by atoms with Crippen molar-refractivity contribution in [3.05, 3.63) is 40.1 Å². The number of aliphatic imine (C=N–C) groups is 1. The van der Waals surface area contributed by atoms with Crippen molar-refractivity contribution in [1.82, 2.24) is 5.32 Å². The summed E-state index contributed by atoms with van der Waals surface area (Å²) in [6.45, 7) is 4.51. The van der Waals surface area contributed by atoms with Crippen molar-refractivity contribution in [3.8, 4) is 0 Å². The number of anilines is 1. The highest BCUT2D eigenvalue weighted by molar-refractivity contribution is 6.43. The molecule has 2 atom stereocenters. The minimum Gasteiger partial charge on any atom is -0.478 e. The Morgan fingerprint density at radius 1 is 1.34 bits per heavy atom. The van der Waals surface area contributed by atoms with Gasteiger partial charge in [0.2, 0.25) is 0 Å². The van der Waals surface area contributed by atoms with Gasteiger partial charge in [-0.25, -0.2) is 9.79 Å². The van der Waals surface area contributed by atoms with Gasteiger partial charge in [-0.3, -0.25) is 9.59 Å². The number of carboxylic acid groups (broad SMARTS) is 1. The van der Waals surface area contributed by atoms with Crippen LogP contribution in [0.15, 0.2) is 33.9 Å². The molecular formula is C23H28ClN3O5. The second kappa shape index (κ2) is 10.3. The van der Waals surface area contributed by atoms with E-state index in [0.29, 0.717) is 42.4 Å². The fourth-order valence-corrected chi connectivity index (χ4v) is 4.41. The van der Waals surface area contributed by atoms with Crippen LogP contribution in [0.3, 0.4) is 0 Å². The molecule has 0 unspecified atom stereocenters. The fourth-order valence-electron chi connectivity index (χ4n) is 4.10. The van der Waals surface area contributed by atoms with Crippen molar-refractivity contribution in [2.45, 2.75) is 51.7 Å². The fraction of sp³-hybridized carbons (Fsp3) is 0.478. The van der Waals surface area contributed by atoms with E-state index in [1.807, 2.05) is 17.9 Å². The Morgan fingerprint density at radius 2 is 2.09 bits per heavy atom. The molecule has 0 saturated carbocycles. The summed E-state index contributed by atoms with van der Waals surface area (Å²) in [5.41, 5.74) is 2.73. The normalized spacial score (nSPS) is 20.9. The number of piperidine rings is 1. The summed E-state index contributed by atoms with van der Waals surface area (Å²) < 4.78 is 5.64. The molecule has 2 aliphatic heterocycles. The Bertz CT molecular complexity index is 988. The molecule has 1 aromatic rings. The summed E-state index contributed by atoms with van der Waals surface area (Å²) in [7, 11) is 1.59. The quantitative estimate of drug-likeness (QED) is 0.576. The van der Waals surface area contributed by atoms with Crippen LogP contribution in [0.1, 0.15) is 49.0 Å². The number of nitrogens with one attached hydrogen (secondary N) is 1. The van der Waals surface area contributed by atoms with E-state index in [0.717, 1.165) is 17.7 Å². The Kier molecular flexibility index (Phi) is 7.69. The number of hydrogen-bond acceptors (Lipinski definition) is 6. The van der Waals surface area contributed by atoms with Crippen LogP contribution in [0, 0.1) is 0 Å². The van der Waals surface area contributed by atoms with Crippen LogP contribution >= 0.6 is 11.6 Å². The van der Waals surface area contributed by atoms with Crippen molar-refractivity contribution in [1.29, 1.82) is 0 Å². The average molecular weight is 462 g/mol. The van der Waals surface area contributed by atoms with Gasteiger partial charge in [-0.15, -0.1) is 0 Å². The molecule has 0 aliphatic carbocycles. The number of amides is 1. The molecule has 2 heterocycles. The summed E-state index contributed by atoms with van der Waals surface area (Å²) in [5.74, 6) is -1.40. The first-order valence-electron chi connectivity index (χ1n) is 10.6. The van der Waals surface area contributed by atoms with E-state index >= 15 is 0 Å². The zero-order valence-electron chi connectivity index (χ0n) is 18.5. The van der Waals surface area contributed by atoms with E-state index in [4.69, 9.17) is 16.3 Å². The zero-order valence-corrected chi connectivity index (χ0v) is 19.2. The SMILES string of the molecule is CCC1=C(Cl)N=C(C(=O)N[C@@H]2CCN(c3ccc(CC(C)=O)c(C(=O)O)c3)C[C@@H]2OC)C1. The number of aromatic carboxylic acids is 1. The highest BCUT2D eigenvalue weighted by atomic mass is 35.5. The van der Waals surface area contributed by atoms with Gasteiger partial charge in [-0.05, 0) is 43.0 Å². The van der Waals surface area contributed by atoms with Crippen molar-refractivity contribution in [3.63, 3.8) is 0 Å². The van der Waals surface area contributed by atoms with Gasteiger partial charge in [0, 0.05) is 38.7 Å². The topological polar surface area (TPSA) is 108 Å². The molecule has 172 valence electrons. The number of benzene rings is 1. The molecule has 9 heteroatoms. The molecule has 1 aromatic carbocycles. The number of methoxy groups -OCH3 is 1. The highest BCUT2D eigenvalue weighted by Gasteiger charge is 2.33. The van der Waals surface area contributed by atoms with Crippen molar-refractivity contribution in [2.75, 3.05) is 25.1 Å². The van der Waals surface area contributed by atoms with E-state index in [1.165, 1.54) is 6.92 Å². The van der Waals surface area contributed by atoms with Gasteiger partial charge in [0.15, 0.2) is 0 Å². The number of ketones is 1. The van der Waals surface area contributed by atoms with Crippen LogP contribution in [-0.2, 0) is 20.7 Å². The molecule has 2 N–H and O–H groups in total. The third-order valence-corrected chi connectivity index (χ3v) is 6.25. The number of rotatable bonds is 8. The maximum Gasteiger partial charge on any atom is 0.336 e. The monoisotopic (exact) mass is 461 g/mol. The third kappa shape index (κ3) is 5.37. The molecule has 2 aliphatic rings. The number of nitrogens with zero attached hydrogens (tertiary/aromatic N) is 2. The second-order valence-corrected chi connectivity index (χ2v) is 8.46. The third-order valence-electron chi connectivity index (χ3n) is 5.90. The summed E-state index contributed by atoms with van der Waals surface area (Å²) in [5, 5.41) is 13.0. The lowest BCUT2D eigenvalue weighted by atomic mass is 9.98. The lowest BCUT2D eigenvalue weighted by Crippen LogP contribution is -2.56. The number of ether oxygens (including phenoxy) is 1. The van der Waals surface area contributed by atoms with Crippen molar-refractivity contribution < 1.29 is 24.2 Å². The highest BCUT2D eigenvalue weighted by Crippen LogP contribution is 2.27. The first-order chi connectivity index (χ1) is 15.2. The van der Waals surface area contributed by atoms with Crippen LogP contribution in [0.25, 0.3) is 0 Å². The van der Waals surface area contributed by atoms with E-state index in [2.05, 4.69) is 10.3 Å². The largest absolute Gasteiger partial charge is 0.478 e. The smallest absolute Gasteiger partial charge is 0.336 e. The number of carboxylic acids is 1. The Labute approximate surface area is 192 Å². The Balaban J connectivity index is 1.69. The first kappa shape index (κ1) is 23.9. The van der Waals surface area contributed by atoms with Crippen LogP contribution in [0.2, 0.25) is 0 Å². The number of carbonyl (C=O) groups is 3. The molecule has 1 amide bonds. The summed E-state index contributed by atoms with van der Waals surface area (Å²) in [6.07, 6.45) is 1.63. The molecule has 0 spiro atoms. The lowest BCUT2D eigenvalue weighted by Gasteiger charge is -2.39. The molecule has 0 radical (unpaired) electrons. The van der Waals surface area contributed by atoms with E-state index in [1.54, 1.807) is 19.2 Å². The van der Waals surface area contributed by atoms with E-state index in [-0.39, 0.29) is 35.8 Å². The van der Waals surface area contributed by atoms with Crippen LogP contribution in [-0.4, -0.2) is 60.8 Å². The number of halogens is 1. The molecule has 0 aromatic heterocycles. The van der Waals surface area contributed by atoms with Gasteiger partial charge in [-0.1, -0.05) is 24.6 Å². The first-order valence-corrected chi connectivity index (χ1v) is 11.0. The zero-order chi connectivity index (χ0) is 23.4. The molecule has 32 heavy (non-hydrogen) atoms. The molecule has 8 nitrogen and oxygen atoms in total. The van der Waals surface area contributed by atoms with Crippen LogP contribution in [0.4, 0.5) is 5.69 Å². The molecule has 1 saturated heterocycles. The summed E-state index contributed by atoms with van der Waals surface area (Å²) in [6, 6.07) is 4.91. The number of Topliss-reactive ketones (excluding diaryl/α,β-unsaturated/α-hetero) is 1. The molecular weight excluding hydrogens is 434 g/mol. The Morgan fingerprint density at radius 3 is 2.69 bits per heavy atom.